The molecule has 0 saturated heterocycles. The molecule has 0 bridgehead atoms. The van der Waals surface area contributed by atoms with Gasteiger partial charge in [0, 0.05) is 5.69 Å². The summed E-state index contributed by atoms with van der Waals surface area (Å²) in [6.45, 7) is 5.50. The predicted octanol–water partition coefficient (Wildman–Crippen LogP) is 2.61. The first kappa shape index (κ1) is 8.78. The highest BCUT2D eigenvalue weighted by atomic mass is 19.1. The summed E-state index contributed by atoms with van der Waals surface area (Å²) in [4.78, 5) is 0. The normalized spacial score (nSPS) is 9.83. The summed E-state index contributed by atoms with van der Waals surface area (Å²) < 4.78 is 13.1. The van der Waals surface area contributed by atoms with Crippen molar-refractivity contribution in [3.63, 3.8) is 0 Å². The summed E-state index contributed by atoms with van der Waals surface area (Å²) in [6, 6.07) is 3.08. The zero-order chi connectivity index (χ0) is 9.14. The molecule has 0 amide bonds. The molecule has 0 unspecified atom stereocenters. The minimum Gasteiger partial charge on any atom is -0.398 e. The first-order valence-electron chi connectivity index (χ1n) is 3.89. The van der Waals surface area contributed by atoms with Crippen molar-refractivity contribution in [1.29, 1.82) is 0 Å². The minimum atomic E-state index is -0.236. The van der Waals surface area contributed by atoms with Gasteiger partial charge in [-0.25, -0.2) is 4.39 Å². The number of benzene rings is 1. The van der Waals surface area contributed by atoms with Gasteiger partial charge in [0.25, 0.3) is 0 Å². The molecule has 64 valence electrons. The number of aryl methyl sites for hydroxylation is 1. The molecular weight excluding hydrogens is 153 g/mol. The second kappa shape index (κ2) is 3.39. The Balaban J connectivity index is 3.26. The van der Waals surface area contributed by atoms with Crippen LogP contribution < -0.4 is 5.73 Å². The van der Waals surface area contributed by atoms with E-state index in [0.29, 0.717) is 17.7 Å². The van der Waals surface area contributed by atoms with Gasteiger partial charge in [0.15, 0.2) is 0 Å². The van der Waals surface area contributed by atoms with Crippen LogP contribution in [0.25, 0.3) is 6.08 Å². The van der Waals surface area contributed by atoms with Gasteiger partial charge < -0.3 is 5.73 Å². The first-order chi connectivity index (χ1) is 5.69. The standard InChI is InChI=1S/C10H12FN/c1-3-7-5-8(4-2)10(12)6-9(7)11/h4-6H,2-3,12H2,1H3. The number of hydrogen-bond acceptors (Lipinski definition) is 1. The Hall–Kier alpha value is -1.31. The third-order valence-electron chi connectivity index (χ3n) is 1.85. The summed E-state index contributed by atoms with van der Waals surface area (Å²) in [6.07, 6.45) is 2.31. The van der Waals surface area contributed by atoms with Crippen molar-refractivity contribution in [2.75, 3.05) is 5.73 Å². The van der Waals surface area contributed by atoms with E-state index in [1.807, 2.05) is 6.92 Å². The highest BCUT2D eigenvalue weighted by molar-refractivity contribution is 5.64. The lowest BCUT2D eigenvalue weighted by atomic mass is 10.1. The Bertz CT molecular complexity index is 305. The predicted molar refractivity (Wildman–Crippen MR) is 50.3 cm³/mol. The van der Waals surface area contributed by atoms with E-state index in [4.69, 9.17) is 5.73 Å². The maximum absolute atomic E-state index is 13.1. The molecule has 0 heterocycles. The number of anilines is 1. The lowest BCUT2D eigenvalue weighted by Gasteiger charge is -2.04. The molecule has 0 aliphatic heterocycles. The molecule has 1 aromatic carbocycles. The summed E-state index contributed by atoms with van der Waals surface area (Å²) in [5, 5.41) is 0. The van der Waals surface area contributed by atoms with Crippen LogP contribution in [0.5, 0.6) is 0 Å². The molecule has 0 aromatic heterocycles. The monoisotopic (exact) mass is 165 g/mol. The number of nitrogen functional groups attached to an aromatic ring is 1. The second-order valence-electron chi connectivity index (χ2n) is 2.63. The zero-order valence-corrected chi connectivity index (χ0v) is 7.10. The van der Waals surface area contributed by atoms with Gasteiger partial charge in [-0.3, -0.25) is 0 Å². The largest absolute Gasteiger partial charge is 0.398 e. The Morgan fingerprint density at radius 1 is 1.58 bits per heavy atom. The zero-order valence-electron chi connectivity index (χ0n) is 7.10. The van der Waals surface area contributed by atoms with Gasteiger partial charge in [-0.05, 0) is 29.7 Å². The fourth-order valence-electron chi connectivity index (χ4n) is 1.10. The fourth-order valence-corrected chi connectivity index (χ4v) is 1.10. The Morgan fingerprint density at radius 2 is 2.25 bits per heavy atom. The topological polar surface area (TPSA) is 26.0 Å². The van der Waals surface area contributed by atoms with E-state index in [9.17, 15) is 4.39 Å². The molecule has 0 fully saturated rings. The van der Waals surface area contributed by atoms with Crippen LogP contribution in [0.2, 0.25) is 0 Å². The van der Waals surface area contributed by atoms with Crippen LogP contribution in [-0.4, -0.2) is 0 Å². The molecule has 1 nitrogen and oxygen atoms in total. The van der Waals surface area contributed by atoms with Gasteiger partial charge in [-0.2, -0.15) is 0 Å². The van der Waals surface area contributed by atoms with Gasteiger partial charge in [0.1, 0.15) is 5.82 Å². The van der Waals surface area contributed by atoms with E-state index in [1.165, 1.54) is 6.07 Å². The van der Waals surface area contributed by atoms with E-state index in [1.54, 1.807) is 12.1 Å². The Morgan fingerprint density at radius 3 is 2.75 bits per heavy atom. The highest BCUT2D eigenvalue weighted by Gasteiger charge is 2.03. The van der Waals surface area contributed by atoms with Gasteiger partial charge in [-0.15, -0.1) is 0 Å². The third kappa shape index (κ3) is 1.47. The molecule has 0 atom stereocenters. The molecule has 12 heavy (non-hydrogen) atoms. The van der Waals surface area contributed by atoms with Crippen molar-refractivity contribution in [3.05, 3.63) is 35.7 Å². The number of hydrogen-bond donors (Lipinski definition) is 1. The van der Waals surface area contributed by atoms with Crippen LogP contribution >= 0.6 is 0 Å². The highest BCUT2D eigenvalue weighted by Crippen LogP contribution is 2.19. The van der Waals surface area contributed by atoms with Crippen LogP contribution in [0, 0.1) is 5.82 Å². The maximum Gasteiger partial charge on any atom is 0.128 e. The molecule has 2 heteroatoms. The quantitative estimate of drug-likeness (QED) is 0.670. The number of halogens is 1. The van der Waals surface area contributed by atoms with E-state index >= 15 is 0 Å². The first-order valence-corrected chi connectivity index (χ1v) is 3.89. The van der Waals surface area contributed by atoms with Crippen molar-refractivity contribution >= 4 is 11.8 Å². The van der Waals surface area contributed by atoms with Crippen molar-refractivity contribution in [2.45, 2.75) is 13.3 Å². The maximum atomic E-state index is 13.1. The van der Waals surface area contributed by atoms with Crippen molar-refractivity contribution in [1.82, 2.24) is 0 Å². The van der Waals surface area contributed by atoms with E-state index in [2.05, 4.69) is 6.58 Å². The SMILES string of the molecule is C=Cc1cc(CC)c(F)cc1N. The average molecular weight is 165 g/mol. The third-order valence-corrected chi connectivity index (χ3v) is 1.85. The molecule has 0 spiro atoms. The van der Waals surface area contributed by atoms with Gasteiger partial charge in [0.05, 0.1) is 0 Å². The van der Waals surface area contributed by atoms with Crippen molar-refractivity contribution in [3.8, 4) is 0 Å². The van der Waals surface area contributed by atoms with Crippen molar-refractivity contribution in [2.24, 2.45) is 0 Å². The number of nitrogens with two attached hydrogens (primary N) is 1. The summed E-state index contributed by atoms with van der Waals surface area (Å²) in [5.41, 5.74) is 7.47. The van der Waals surface area contributed by atoms with Crippen LogP contribution in [0.4, 0.5) is 10.1 Å². The second-order valence-corrected chi connectivity index (χ2v) is 2.63. The van der Waals surface area contributed by atoms with Crippen LogP contribution in [-0.2, 0) is 6.42 Å². The van der Waals surface area contributed by atoms with E-state index < -0.39 is 0 Å². The summed E-state index contributed by atoms with van der Waals surface area (Å²) in [7, 11) is 0. The lowest BCUT2D eigenvalue weighted by molar-refractivity contribution is 0.613. The van der Waals surface area contributed by atoms with Gasteiger partial charge in [0.2, 0.25) is 0 Å². The number of rotatable bonds is 2. The van der Waals surface area contributed by atoms with E-state index in [-0.39, 0.29) is 5.82 Å². The Labute approximate surface area is 71.7 Å². The average Bonchev–Trinajstić information content (AvgIpc) is 2.05. The van der Waals surface area contributed by atoms with Gasteiger partial charge >= 0.3 is 0 Å². The van der Waals surface area contributed by atoms with Crippen LogP contribution in [0.1, 0.15) is 18.1 Å². The molecule has 0 aliphatic carbocycles. The van der Waals surface area contributed by atoms with Gasteiger partial charge in [-0.1, -0.05) is 19.6 Å². The molecule has 1 aromatic rings. The Kier molecular flexibility index (Phi) is 2.48. The molecular formula is C10H12FN. The minimum absolute atomic E-state index is 0.236. The molecule has 2 N–H and O–H groups in total. The fraction of sp³-hybridized carbons (Fsp3) is 0.200. The molecule has 1 rings (SSSR count). The summed E-state index contributed by atoms with van der Waals surface area (Å²) >= 11 is 0. The molecule has 0 aliphatic rings. The molecule has 0 radical (unpaired) electrons. The van der Waals surface area contributed by atoms with E-state index in [0.717, 1.165) is 5.56 Å². The van der Waals surface area contributed by atoms with Crippen LogP contribution in [0.3, 0.4) is 0 Å². The van der Waals surface area contributed by atoms with Crippen molar-refractivity contribution < 1.29 is 4.39 Å². The van der Waals surface area contributed by atoms with Crippen LogP contribution in [0.15, 0.2) is 18.7 Å². The lowest BCUT2D eigenvalue weighted by Crippen LogP contribution is -1.95. The smallest absolute Gasteiger partial charge is 0.128 e. The molecule has 0 saturated carbocycles. The summed E-state index contributed by atoms with van der Waals surface area (Å²) in [5.74, 6) is -0.236.